The molecule has 3 aromatic heterocycles. The molecule has 25 heavy (non-hydrogen) atoms. The molecule has 0 fully saturated rings. The standard InChI is InChI=1S/C18H17N3O2S2/c1-21(23-2)17(22)16-12-7-8-18(11-13(12)19-20-16,14-5-3-9-24-14)15-6-4-10-25-15/h3-10H,11H2,1-2H3,(H,19,20). The van der Waals surface area contributed by atoms with Gasteiger partial charge in [-0.05, 0) is 22.9 Å². The molecular weight excluding hydrogens is 354 g/mol. The molecule has 0 unspecified atom stereocenters. The van der Waals surface area contributed by atoms with Crippen LogP contribution in [-0.4, -0.2) is 35.3 Å². The van der Waals surface area contributed by atoms with Crippen LogP contribution in [0.25, 0.3) is 6.08 Å². The summed E-state index contributed by atoms with van der Waals surface area (Å²) in [4.78, 5) is 20.0. The lowest BCUT2D eigenvalue weighted by Crippen LogP contribution is -2.29. The number of nitrogens with one attached hydrogen (secondary N) is 1. The zero-order valence-electron chi connectivity index (χ0n) is 13.9. The van der Waals surface area contributed by atoms with Gasteiger partial charge in [-0.15, -0.1) is 22.7 Å². The molecule has 4 rings (SSSR count). The third kappa shape index (κ3) is 2.55. The molecule has 3 aromatic rings. The number of rotatable bonds is 4. The van der Waals surface area contributed by atoms with Crippen LogP contribution in [0.15, 0.2) is 41.1 Å². The number of aromatic amines is 1. The summed E-state index contributed by atoms with van der Waals surface area (Å²) >= 11 is 3.50. The Hall–Kier alpha value is -2.22. The van der Waals surface area contributed by atoms with E-state index in [9.17, 15) is 4.79 Å². The van der Waals surface area contributed by atoms with Gasteiger partial charge in [0.05, 0.1) is 12.5 Å². The van der Waals surface area contributed by atoms with E-state index < -0.39 is 0 Å². The summed E-state index contributed by atoms with van der Waals surface area (Å²) in [5.74, 6) is -0.260. The van der Waals surface area contributed by atoms with Crippen LogP contribution >= 0.6 is 22.7 Å². The normalized spacial score (nSPS) is 15.1. The van der Waals surface area contributed by atoms with Crippen molar-refractivity contribution in [3.05, 3.63) is 67.8 Å². The van der Waals surface area contributed by atoms with Crippen LogP contribution in [0, 0.1) is 0 Å². The van der Waals surface area contributed by atoms with Gasteiger partial charge in [0.15, 0.2) is 5.69 Å². The number of amides is 1. The van der Waals surface area contributed by atoms with Crippen molar-refractivity contribution < 1.29 is 9.63 Å². The van der Waals surface area contributed by atoms with Crippen LogP contribution in [0.3, 0.4) is 0 Å². The van der Waals surface area contributed by atoms with Gasteiger partial charge in [0, 0.05) is 34.5 Å². The summed E-state index contributed by atoms with van der Waals surface area (Å²) in [5.41, 5.74) is 1.99. The second-order valence-corrected chi connectivity index (χ2v) is 7.78. The number of hydrogen-bond donors (Lipinski definition) is 1. The number of allylic oxidation sites excluding steroid dienone is 1. The number of nitrogens with zero attached hydrogens (tertiary/aromatic N) is 2. The minimum absolute atomic E-state index is 0.213. The molecule has 1 amide bonds. The highest BCUT2D eigenvalue weighted by Gasteiger charge is 2.39. The van der Waals surface area contributed by atoms with E-state index in [-0.39, 0.29) is 11.3 Å². The fourth-order valence-electron chi connectivity index (χ4n) is 3.18. The molecule has 7 heteroatoms. The average molecular weight is 371 g/mol. The maximum atomic E-state index is 12.4. The first-order valence-corrected chi connectivity index (χ1v) is 9.58. The Morgan fingerprint density at radius 2 is 1.96 bits per heavy atom. The average Bonchev–Trinajstić information content (AvgIpc) is 3.40. The summed E-state index contributed by atoms with van der Waals surface area (Å²) < 4.78 is 0. The molecular formula is C18H17N3O2S2. The summed E-state index contributed by atoms with van der Waals surface area (Å²) in [6.45, 7) is 0. The number of H-pyrrole nitrogens is 1. The molecule has 1 aliphatic rings. The van der Waals surface area contributed by atoms with Crippen LogP contribution in [0.1, 0.15) is 31.5 Å². The Morgan fingerprint density at radius 3 is 2.52 bits per heavy atom. The number of hydroxylamine groups is 2. The maximum absolute atomic E-state index is 12.4. The molecule has 0 aliphatic heterocycles. The molecule has 0 atom stereocenters. The lowest BCUT2D eigenvalue weighted by Gasteiger charge is -2.31. The molecule has 0 radical (unpaired) electrons. The maximum Gasteiger partial charge on any atom is 0.298 e. The van der Waals surface area contributed by atoms with Gasteiger partial charge < -0.3 is 0 Å². The Bertz CT molecular complexity index is 876. The first-order valence-electron chi connectivity index (χ1n) is 7.82. The Balaban J connectivity index is 1.79. The highest BCUT2D eigenvalue weighted by Crippen LogP contribution is 2.45. The van der Waals surface area contributed by atoms with Crippen molar-refractivity contribution in [2.45, 2.75) is 11.8 Å². The minimum Gasteiger partial charge on any atom is -0.281 e. The quantitative estimate of drug-likeness (QED) is 0.711. The van der Waals surface area contributed by atoms with E-state index in [1.54, 1.807) is 29.7 Å². The third-order valence-corrected chi connectivity index (χ3v) is 6.65. The predicted molar refractivity (Wildman–Crippen MR) is 99.8 cm³/mol. The number of fused-ring (bicyclic) bond motifs is 1. The monoisotopic (exact) mass is 371 g/mol. The number of carbonyl (C=O) groups excluding carboxylic acids is 1. The van der Waals surface area contributed by atoms with Crippen molar-refractivity contribution in [3.63, 3.8) is 0 Å². The largest absolute Gasteiger partial charge is 0.298 e. The molecule has 128 valence electrons. The van der Waals surface area contributed by atoms with E-state index in [0.29, 0.717) is 5.69 Å². The van der Waals surface area contributed by atoms with Crippen LogP contribution in [0.4, 0.5) is 0 Å². The van der Waals surface area contributed by atoms with E-state index in [0.717, 1.165) is 17.7 Å². The predicted octanol–water partition coefficient (Wildman–Crippen LogP) is 3.72. The molecule has 1 aliphatic carbocycles. The van der Waals surface area contributed by atoms with Crippen molar-refractivity contribution in [1.82, 2.24) is 15.3 Å². The molecule has 0 saturated carbocycles. The fourth-order valence-corrected chi connectivity index (χ4v) is 5.09. The van der Waals surface area contributed by atoms with Gasteiger partial charge in [-0.1, -0.05) is 24.3 Å². The van der Waals surface area contributed by atoms with Crippen LogP contribution in [-0.2, 0) is 16.7 Å². The first-order chi connectivity index (χ1) is 12.2. The zero-order chi connectivity index (χ0) is 17.4. The first kappa shape index (κ1) is 16.3. The Labute approximate surface area is 153 Å². The van der Waals surface area contributed by atoms with Crippen molar-refractivity contribution in [1.29, 1.82) is 0 Å². The molecule has 0 aromatic carbocycles. The van der Waals surface area contributed by atoms with Crippen molar-refractivity contribution in [3.8, 4) is 0 Å². The van der Waals surface area contributed by atoms with Gasteiger partial charge in [0.1, 0.15) is 0 Å². The van der Waals surface area contributed by atoms with Crippen molar-refractivity contribution >= 4 is 34.7 Å². The fraction of sp³-hybridized carbons (Fsp3) is 0.222. The lowest BCUT2D eigenvalue weighted by atomic mass is 9.76. The SMILES string of the molecule is CON(C)C(=O)c1n[nH]c2c1C=CC(c1cccs1)(c1cccs1)C2. The smallest absolute Gasteiger partial charge is 0.281 e. The van der Waals surface area contributed by atoms with Gasteiger partial charge in [-0.2, -0.15) is 5.10 Å². The highest BCUT2D eigenvalue weighted by molar-refractivity contribution is 7.11. The molecule has 0 bridgehead atoms. The molecule has 5 nitrogen and oxygen atoms in total. The van der Waals surface area contributed by atoms with E-state index in [4.69, 9.17) is 4.84 Å². The Morgan fingerprint density at radius 1 is 1.28 bits per heavy atom. The van der Waals surface area contributed by atoms with Crippen molar-refractivity contribution in [2.24, 2.45) is 0 Å². The van der Waals surface area contributed by atoms with E-state index in [2.05, 4.69) is 51.3 Å². The van der Waals surface area contributed by atoms with Gasteiger partial charge in [0.25, 0.3) is 5.91 Å². The number of thiophene rings is 2. The van der Waals surface area contributed by atoms with E-state index in [1.807, 2.05) is 6.08 Å². The summed E-state index contributed by atoms with van der Waals surface area (Å²) in [6, 6.07) is 8.49. The second-order valence-electron chi connectivity index (χ2n) is 5.89. The number of hydrogen-bond acceptors (Lipinski definition) is 5. The molecule has 1 N–H and O–H groups in total. The summed E-state index contributed by atoms with van der Waals surface area (Å²) in [7, 11) is 3.04. The summed E-state index contributed by atoms with van der Waals surface area (Å²) in [6.07, 6.45) is 4.96. The molecule has 3 heterocycles. The van der Waals surface area contributed by atoms with Gasteiger partial charge >= 0.3 is 0 Å². The minimum atomic E-state index is -0.260. The second kappa shape index (κ2) is 6.25. The number of carbonyl (C=O) groups is 1. The highest BCUT2D eigenvalue weighted by atomic mass is 32.1. The third-order valence-electron chi connectivity index (χ3n) is 4.56. The zero-order valence-corrected chi connectivity index (χ0v) is 15.5. The molecule has 0 spiro atoms. The van der Waals surface area contributed by atoms with E-state index in [1.165, 1.54) is 21.9 Å². The van der Waals surface area contributed by atoms with Crippen LogP contribution in [0.2, 0.25) is 0 Å². The van der Waals surface area contributed by atoms with Crippen molar-refractivity contribution in [2.75, 3.05) is 14.2 Å². The van der Waals surface area contributed by atoms with Crippen LogP contribution < -0.4 is 0 Å². The topological polar surface area (TPSA) is 58.2 Å². The lowest BCUT2D eigenvalue weighted by molar-refractivity contribution is -0.0760. The van der Waals surface area contributed by atoms with Gasteiger partial charge in [-0.3, -0.25) is 14.7 Å². The molecule has 0 saturated heterocycles. The van der Waals surface area contributed by atoms with Crippen LogP contribution in [0.5, 0.6) is 0 Å². The Kier molecular flexibility index (Phi) is 4.07. The van der Waals surface area contributed by atoms with E-state index >= 15 is 0 Å². The van der Waals surface area contributed by atoms with Gasteiger partial charge in [-0.25, -0.2) is 5.06 Å². The van der Waals surface area contributed by atoms with Gasteiger partial charge in [0.2, 0.25) is 0 Å². The summed E-state index contributed by atoms with van der Waals surface area (Å²) in [5, 5.41) is 12.7. The number of aromatic nitrogens is 2.